The van der Waals surface area contributed by atoms with Crippen molar-refractivity contribution in [2.75, 3.05) is 29.1 Å². The molecule has 4 nitrogen and oxygen atoms in total. The summed E-state index contributed by atoms with van der Waals surface area (Å²) in [6.45, 7) is 0.320. The fourth-order valence-electron chi connectivity index (χ4n) is 2.29. The minimum Gasteiger partial charge on any atom is -0.388 e. The number of hydrogen-bond donors (Lipinski definition) is 2. The molecule has 0 bridgehead atoms. The largest absolute Gasteiger partial charge is 0.388 e. The van der Waals surface area contributed by atoms with E-state index < -0.39 is 0 Å². The van der Waals surface area contributed by atoms with Gasteiger partial charge in [0.25, 0.3) is 5.91 Å². The first-order valence-corrected chi connectivity index (χ1v) is 6.23. The minimum absolute atomic E-state index is 0.0481. The highest BCUT2D eigenvalue weighted by Gasteiger charge is 2.24. The Morgan fingerprint density at radius 1 is 1.16 bits per heavy atom. The first kappa shape index (κ1) is 11.6. The number of carbonyl (C=O) groups is 1. The lowest BCUT2D eigenvalue weighted by molar-refractivity contribution is -0.116. The van der Waals surface area contributed by atoms with Gasteiger partial charge in [0.15, 0.2) is 0 Å². The lowest BCUT2D eigenvalue weighted by atomic mass is 10.1. The zero-order chi connectivity index (χ0) is 13.2. The maximum Gasteiger partial charge on any atom is 0.250 e. The van der Waals surface area contributed by atoms with Crippen LogP contribution in [0.25, 0.3) is 0 Å². The summed E-state index contributed by atoms with van der Waals surface area (Å²) in [7, 11) is 1.87. The average Bonchev–Trinajstić information content (AvgIpc) is 2.47. The molecule has 3 rings (SSSR count). The Hall–Kier alpha value is -2.49. The van der Waals surface area contributed by atoms with Gasteiger partial charge in [0, 0.05) is 12.7 Å². The molecule has 0 aliphatic carbocycles. The van der Waals surface area contributed by atoms with Crippen LogP contribution in [0, 0.1) is 0 Å². The van der Waals surface area contributed by atoms with Crippen molar-refractivity contribution in [2.45, 2.75) is 0 Å². The maximum absolute atomic E-state index is 12.2. The molecule has 0 atom stereocenters. The molecule has 0 saturated carbocycles. The van der Waals surface area contributed by atoms with Gasteiger partial charge in [-0.2, -0.15) is 0 Å². The number of hydrogen-bond acceptors (Lipinski definition) is 3. The summed E-state index contributed by atoms with van der Waals surface area (Å²) >= 11 is 0. The summed E-state index contributed by atoms with van der Waals surface area (Å²) in [6.07, 6.45) is 0. The van der Waals surface area contributed by atoms with E-state index in [-0.39, 0.29) is 5.91 Å². The van der Waals surface area contributed by atoms with Crippen LogP contribution in [0.5, 0.6) is 0 Å². The van der Waals surface area contributed by atoms with Gasteiger partial charge in [-0.25, -0.2) is 0 Å². The Bertz CT molecular complexity index is 624. The summed E-state index contributed by atoms with van der Waals surface area (Å²) in [5.74, 6) is 0.0481. The molecular weight excluding hydrogens is 238 g/mol. The van der Waals surface area contributed by atoms with Gasteiger partial charge in [0.1, 0.15) is 0 Å². The van der Waals surface area contributed by atoms with Crippen LogP contribution in [0.3, 0.4) is 0 Å². The normalized spacial score (nSPS) is 13.7. The van der Waals surface area contributed by atoms with Crippen LogP contribution in [-0.2, 0) is 4.79 Å². The summed E-state index contributed by atoms with van der Waals surface area (Å²) in [5, 5.41) is 6.23. The van der Waals surface area contributed by atoms with E-state index in [9.17, 15) is 4.79 Å². The van der Waals surface area contributed by atoms with Crippen molar-refractivity contribution in [3.05, 3.63) is 48.5 Å². The van der Waals surface area contributed by atoms with Crippen LogP contribution < -0.4 is 15.5 Å². The standard InChI is InChI=1S/C15H15N3O/c1-16-11-5-4-6-12(9-11)18-14-8-3-2-7-13(14)17-10-15(18)19/h2-9,16-17H,10H2,1H3. The minimum atomic E-state index is 0.0481. The van der Waals surface area contributed by atoms with Crippen molar-refractivity contribution in [3.63, 3.8) is 0 Å². The summed E-state index contributed by atoms with van der Waals surface area (Å²) < 4.78 is 0. The van der Waals surface area contributed by atoms with Crippen molar-refractivity contribution >= 4 is 28.7 Å². The third-order valence-corrected chi connectivity index (χ3v) is 3.22. The van der Waals surface area contributed by atoms with Gasteiger partial charge >= 0.3 is 0 Å². The van der Waals surface area contributed by atoms with E-state index >= 15 is 0 Å². The summed E-state index contributed by atoms with van der Waals surface area (Å²) in [6, 6.07) is 15.7. The molecule has 0 unspecified atom stereocenters. The topological polar surface area (TPSA) is 44.4 Å². The van der Waals surface area contributed by atoms with Crippen molar-refractivity contribution in [1.29, 1.82) is 0 Å². The van der Waals surface area contributed by atoms with Gasteiger partial charge in [-0.05, 0) is 30.3 Å². The van der Waals surface area contributed by atoms with Crippen LogP contribution >= 0.6 is 0 Å². The molecule has 0 spiro atoms. The second-order valence-corrected chi connectivity index (χ2v) is 4.40. The van der Waals surface area contributed by atoms with Crippen LogP contribution in [-0.4, -0.2) is 19.5 Å². The number of fused-ring (bicyclic) bond motifs is 1. The molecule has 0 radical (unpaired) electrons. The zero-order valence-electron chi connectivity index (χ0n) is 10.7. The van der Waals surface area contributed by atoms with E-state index in [1.165, 1.54) is 0 Å². The molecule has 1 aliphatic heterocycles. The molecule has 4 heteroatoms. The molecule has 96 valence electrons. The highest BCUT2D eigenvalue weighted by Crippen LogP contribution is 2.35. The van der Waals surface area contributed by atoms with Gasteiger partial charge < -0.3 is 10.6 Å². The first-order chi connectivity index (χ1) is 9.29. The molecule has 0 aromatic heterocycles. The van der Waals surface area contributed by atoms with Crippen LogP contribution in [0.15, 0.2) is 48.5 Å². The maximum atomic E-state index is 12.2. The number of para-hydroxylation sites is 2. The SMILES string of the molecule is CNc1cccc(N2C(=O)CNc3ccccc32)c1. The number of benzene rings is 2. The van der Waals surface area contributed by atoms with E-state index in [2.05, 4.69) is 10.6 Å². The average molecular weight is 253 g/mol. The third kappa shape index (κ3) is 2.01. The van der Waals surface area contributed by atoms with E-state index in [1.54, 1.807) is 4.90 Å². The monoisotopic (exact) mass is 253 g/mol. The van der Waals surface area contributed by atoms with Crippen molar-refractivity contribution in [1.82, 2.24) is 0 Å². The number of carbonyl (C=O) groups excluding carboxylic acids is 1. The molecule has 1 amide bonds. The van der Waals surface area contributed by atoms with Gasteiger partial charge in [-0.3, -0.25) is 9.69 Å². The van der Waals surface area contributed by atoms with E-state index in [1.807, 2.05) is 55.6 Å². The van der Waals surface area contributed by atoms with E-state index in [4.69, 9.17) is 0 Å². The first-order valence-electron chi connectivity index (χ1n) is 6.23. The predicted octanol–water partition coefficient (Wildman–Crippen LogP) is 2.82. The van der Waals surface area contributed by atoms with Crippen molar-refractivity contribution < 1.29 is 4.79 Å². The molecule has 2 aromatic rings. The van der Waals surface area contributed by atoms with E-state index in [0.29, 0.717) is 6.54 Å². The number of amides is 1. The van der Waals surface area contributed by atoms with Gasteiger partial charge in [0.05, 0.1) is 23.6 Å². The smallest absolute Gasteiger partial charge is 0.250 e. The Kier molecular flexibility index (Phi) is 2.83. The van der Waals surface area contributed by atoms with Gasteiger partial charge in [-0.1, -0.05) is 18.2 Å². The van der Waals surface area contributed by atoms with E-state index in [0.717, 1.165) is 22.7 Å². The Morgan fingerprint density at radius 3 is 2.84 bits per heavy atom. The van der Waals surface area contributed by atoms with Crippen molar-refractivity contribution in [3.8, 4) is 0 Å². The second-order valence-electron chi connectivity index (χ2n) is 4.40. The molecule has 2 N–H and O–H groups in total. The fourth-order valence-corrected chi connectivity index (χ4v) is 2.29. The number of nitrogens with one attached hydrogen (secondary N) is 2. The quantitative estimate of drug-likeness (QED) is 0.865. The lowest BCUT2D eigenvalue weighted by Gasteiger charge is -2.30. The van der Waals surface area contributed by atoms with Crippen molar-refractivity contribution in [2.24, 2.45) is 0 Å². The summed E-state index contributed by atoms with van der Waals surface area (Å²) in [5.41, 5.74) is 3.75. The predicted molar refractivity (Wildman–Crippen MR) is 78.1 cm³/mol. The number of nitrogens with zero attached hydrogens (tertiary/aromatic N) is 1. The van der Waals surface area contributed by atoms with Crippen LogP contribution in [0.4, 0.5) is 22.7 Å². The second kappa shape index (κ2) is 4.65. The number of rotatable bonds is 2. The van der Waals surface area contributed by atoms with Gasteiger partial charge in [-0.15, -0.1) is 0 Å². The highest BCUT2D eigenvalue weighted by atomic mass is 16.2. The molecule has 2 aromatic carbocycles. The van der Waals surface area contributed by atoms with Crippen LogP contribution in [0.1, 0.15) is 0 Å². The highest BCUT2D eigenvalue weighted by molar-refractivity contribution is 6.08. The Morgan fingerprint density at radius 2 is 2.00 bits per heavy atom. The zero-order valence-corrected chi connectivity index (χ0v) is 10.7. The lowest BCUT2D eigenvalue weighted by Crippen LogP contribution is -2.36. The molecule has 0 fully saturated rings. The Balaban J connectivity index is 2.10. The molecule has 1 heterocycles. The number of anilines is 4. The molecular formula is C15H15N3O. The molecule has 1 aliphatic rings. The van der Waals surface area contributed by atoms with Gasteiger partial charge in [0.2, 0.25) is 0 Å². The van der Waals surface area contributed by atoms with Crippen LogP contribution in [0.2, 0.25) is 0 Å². The fraction of sp³-hybridized carbons (Fsp3) is 0.133. The third-order valence-electron chi connectivity index (χ3n) is 3.22. The summed E-state index contributed by atoms with van der Waals surface area (Å²) in [4.78, 5) is 14.0. The Labute approximate surface area is 112 Å². The molecule has 19 heavy (non-hydrogen) atoms. The molecule has 0 saturated heterocycles.